The summed E-state index contributed by atoms with van der Waals surface area (Å²) in [6.45, 7) is 3.47. The van der Waals surface area contributed by atoms with Crippen LogP contribution in [-0.4, -0.2) is 29.4 Å². The Morgan fingerprint density at radius 3 is 2.39 bits per heavy atom. The second kappa shape index (κ2) is 8.27. The molecular formula is C21H19ClN2O4. The zero-order valence-corrected chi connectivity index (χ0v) is 16.2. The fraction of sp³-hybridized carbons (Fsp3) is 0.190. The molecule has 1 unspecified atom stereocenters. The number of amides is 3. The van der Waals surface area contributed by atoms with Crippen LogP contribution in [0.2, 0.25) is 5.02 Å². The highest BCUT2D eigenvalue weighted by molar-refractivity contribution is 6.34. The molecule has 0 bridgehead atoms. The molecule has 1 heterocycles. The number of halogens is 1. The van der Waals surface area contributed by atoms with E-state index in [9.17, 15) is 14.4 Å². The maximum Gasteiger partial charge on any atom is 0.338 e. The second-order valence-corrected chi connectivity index (χ2v) is 6.56. The number of carbonyl (C=O) groups is 3. The minimum Gasteiger partial charge on any atom is -0.463 e. The van der Waals surface area contributed by atoms with Crippen LogP contribution in [-0.2, 0) is 9.53 Å². The summed E-state index contributed by atoms with van der Waals surface area (Å²) >= 11 is 6.17. The predicted molar refractivity (Wildman–Crippen MR) is 105 cm³/mol. The molecule has 2 aromatic rings. The van der Waals surface area contributed by atoms with E-state index in [0.717, 1.165) is 4.90 Å². The number of allylic oxidation sites excluding steroid dienone is 1. The van der Waals surface area contributed by atoms with Crippen molar-refractivity contribution in [3.05, 3.63) is 82.0 Å². The minimum absolute atomic E-state index is 0.169. The van der Waals surface area contributed by atoms with Crippen molar-refractivity contribution in [1.29, 1.82) is 0 Å². The molecule has 3 amide bonds. The number of ether oxygens (including phenoxy) is 1. The summed E-state index contributed by atoms with van der Waals surface area (Å²) in [6, 6.07) is 13.8. The van der Waals surface area contributed by atoms with E-state index in [1.165, 1.54) is 6.07 Å². The van der Waals surface area contributed by atoms with Crippen molar-refractivity contribution in [3.63, 3.8) is 0 Å². The predicted octanol–water partition coefficient (Wildman–Crippen LogP) is 4.08. The van der Waals surface area contributed by atoms with E-state index in [1.807, 2.05) is 6.07 Å². The number of esters is 1. The zero-order valence-electron chi connectivity index (χ0n) is 15.4. The number of benzene rings is 2. The Morgan fingerprint density at radius 2 is 1.75 bits per heavy atom. The molecule has 0 spiro atoms. The number of nitrogens with one attached hydrogen (secondary N) is 1. The SMILES string of the molecule is CCOC(=O)C1=C(C)NC(=O)N(C(=O)c2ccccc2Cl)C1c1ccccc1. The van der Waals surface area contributed by atoms with E-state index in [1.54, 1.807) is 56.3 Å². The number of urea groups is 1. The van der Waals surface area contributed by atoms with Crippen LogP contribution in [0.5, 0.6) is 0 Å². The quantitative estimate of drug-likeness (QED) is 0.787. The smallest absolute Gasteiger partial charge is 0.338 e. The molecule has 3 rings (SSSR count). The van der Waals surface area contributed by atoms with E-state index < -0.39 is 23.9 Å². The highest BCUT2D eigenvalue weighted by Gasteiger charge is 2.42. The van der Waals surface area contributed by atoms with Gasteiger partial charge in [-0.1, -0.05) is 54.1 Å². The molecule has 1 aliphatic rings. The Kier molecular flexibility index (Phi) is 5.80. The summed E-state index contributed by atoms with van der Waals surface area (Å²) in [5.41, 5.74) is 1.33. The highest BCUT2D eigenvalue weighted by atomic mass is 35.5. The van der Waals surface area contributed by atoms with Crippen LogP contribution in [0.4, 0.5) is 4.79 Å². The average Bonchev–Trinajstić information content (AvgIpc) is 2.68. The number of carbonyl (C=O) groups excluding carboxylic acids is 3. The fourth-order valence-electron chi connectivity index (χ4n) is 3.14. The van der Waals surface area contributed by atoms with Crippen LogP contribution in [0.3, 0.4) is 0 Å². The van der Waals surface area contributed by atoms with E-state index in [2.05, 4.69) is 5.32 Å². The third-order valence-corrected chi connectivity index (χ3v) is 4.71. The third-order valence-electron chi connectivity index (χ3n) is 4.38. The fourth-order valence-corrected chi connectivity index (χ4v) is 3.35. The van der Waals surface area contributed by atoms with Crippen molar-refractivity contribution in [3.8, 4) is 0 Å². The van der Waals surface area contributed by atoms with Crippen molar-refractivity contribution >= 4 is 29.5 Å². The van der Waals surface area contributed by atoms with Crippen LogP contribution in [0.1, 0.15) is 35.8 Å². The molecular weight excluding hydrogens is 380 g/mol. The molecule has 0 saturated carbocycles. The van der Waals surface area contributed by atoms with Gasteiger partial charge in [-0.25, -0.2) is 14.5 Å². The molecule has 144 valence electrons. The van der Waals surface area contributed by atoms with Crippen LogP contribution in [0.15, 0.2) is 65.9 Å². The second-order valence-electron chi connectivity index (χ2n) is 6.16. The Bertz CT molecular complexity index is 956. The van der Waals surface area contributed by atoms with E-state index in [0.29, 0.717) is 11.3 Å². The van der Waals surface area contributed by atoms with E-state index in [4.69, 9.17) is 16.3 Å². The number of rotatable bonds is 4. The Hall–Kier alpha value is -3.12. The first kappa shape index (κ1) is 19.6. The van der Waals surface area contributed by atoms with Crippen LogP contribution in [0, 0.1) is 0 Å². The molecule has 1 N–H and O–H groups in total. The van der Waals surface area contributed by atoms with Gasteiger partial charge >= 0.3 is 12.0 Å². The van der Waals surface area contributed by atoms with Gasteiger partial charge < -0.3 is 10.1 Å². The summed E-state index contributed by atoms with van der Waals surface area (Å²) < 4.78 is 5.18. The van der Waals surface area contributed by atoms with E-state index in [-0.39, 0.29) is 22.8 Å². The zero-order chi connectivity index (χ0) is 20.3. The van der Waals surface area contributed by atoms with Crippen molar-refractivity contribution in [1.82, 2.24) is 10.2 Å². The first-order chi connectivity index (χ1) is 13.5. The first-order valence-electron chi connectivity index (χ1n) is 8.77. The topological polar surface area (TPSA) is 75.7 Å². The average molecular weight is 399 g/mol. The molecule has 0 aliphatic carbocycles. The van der Waals surface area contributed by atoms with Crippen LogP contribution >= 0.6 is 11.6 Å². The molecule has 0 fully saturated rings. The minimum atomic E-state index is -0.933. The number of imide groups is 1. The molecule has 0 aromatic heterocycles. The molecule has 1 atom stereocenters. The third kappa shape index (κ3) is 3.64. The number of hydrogen-bond acceptors (Lipinski definition) is 4. The molecule has 6 nitrogen and oxygen atoms in total. The summed E-state index contributed by atoms with van der Waals surface area (Å²) in [5.74, 6) is -1.20. The van der Waals surface area contributed by atoms with Crippen LogP contribution < -0.4 is 5.32 Å². The van der Waals surface area contributed by atoms with Gasteiger partial charge in [0.15, 0.2) is 0 Å². The van der Waals surface area contributed by atoms with Gasteiger partial charge in [0, 0.05) is 5.70 Å². The summed E-state index contributed by atoms with van der Waals surface area (Å²) in [5, 5.41) is 2.81. The van der Waals surface area contributed by atoms with E-state index >= 15 is 0 Å². The van der Waals surface area contributed by atoms with Gasteiger partial charge in [-0.3, -0.25) is 4.79 Å². The maximum atomic E-state index is 13.3. The van der Waals surface area contributed by atoms with Gasteiger partial charge in [-0.15, -0.1) is 0 Å². The monoisotopic (exact) mass is 398 g/mol. The molecule has 28 heavy (non-hydrogen) atoms. The molecule has 1 aliphatic heterocycles. The van der Waals surface area contributed by atoms with Gasteiger partial charge in [0.05, 0.1) is 22.8 Å². The Labute approximate surface area is 167 Å². The normalized spacial score (nSPS) is 16.6. The highest BCUT2D eigenvalue weighted by Crippen LogP contribution is 2.36. The lowest BCUT2D eigenvalue weighted by Gasteiger charge is -2.36. The lowest BCUT2D eigenvalue weighted by atomic mass is 9.93. The largest absolute Gasteiger partial charge is 0.463 e. The lowest BCUT2D eigenvalue weighted by molar-refractivity contribution is -0.139. The van der Waals surface area contributed by atoms with Gasteiger partial charge in [-0.2, -0.15) is 0 Å². The Balaban J connectivity index is 2.17. The van der Waals surface area contributed by atoms with Gasteiger partial charge in [-0.05, 0) is 31.5 Å². The molecule has 7 heteroatoms. The molecule has 0 saturated heterocycles. The lowest BCUT2D eigenvalue weighted by Crippen LogP contribution is -2.51. The summed E-state index contributed by atoms with van der Waals surface area (Å²) in [6.07, 6.45) is 0. The Morgan fingerprint density at radius 1 is 1.11 bits per heavy atom. The first-order valence-corrected chi connectivity index (χ1v) is 9.15. The van der Waals surface area contributed by atoms with Gasteiger partial charge in [0.2, 0.25) is 0 Å². The summed E-state index contributed by atoms with van der Waals surface area (Å²) in [7, 11) is 0. The number of hydrogen-bond donors (Lipinski definition) is 1. The standard InChI is InChI=1S/C21H19ClN2O4/c1-3-28-20(26)17-13(2)23-21(27)24(18(17)14-9-5-4-6-10-14)19(25)15-11-7-8-12-16(15)22/h4-12,18H,3H2,1-2H3,(H,23,27). The van der Waals surface area contributed by atoms with Gasteiger partial charge in [0.1, 0.15) is 6.04 Å². The summed E-state index contributed by atoms with van der Waals surface area (Å²) in [4.78, 5) is 39.7. The maximum absolute atomic E-state index is 13.3. The van der Waals surface area contributed by atoms with Crippen molar-refractivity contribution in [2.24, 2.45) is 0 Å². The van der Waals surface area contributed by atoms with Crippen molar-refractivity contribution in [2.75, 3.05) is 6.61 Å². The van der Waals surface area contributed by atoms with Crippen molar-refractivity contribution < 1.29 is 19.1 Å². The molecule has 0 radical (unpaired) electrons. The van der Waals surface area contributed by atoms with Crippen LogP contribution in [0.25, 0.3) is 0 Å². The number of nitrogens with zero attached hydrogens (tertiary/aromatic N) is 1. The molecule has 2 aromatic carbocycles. The van der Waals surface area contributed by atoms with Crippen molar-refractivity contribution in [2.45, 2.75) is 19.9 Å². The van der Waals surface area contributed by atoms with Gasteiger partial charge in [0.25, 0.3) is 5.91 Å².